The molecule has 0 radical (unpaired) electrons. The molecule has 0 aromatic heterocycles. The van der Waals surface area contributed by atoms with E-state index in [-0.39, 0.29) is 5.54 Å². The van der Waals surface area contributed by atoms with E-state index in [1.54, 1.807) is 12.1 Å². The molecule has 106 valence electrons. The smallest absolute Gasteiger partial charge is 0.309 e. The Morgan fingerprint density at radius 3 is 2.58 bits per heavy atom. The van der Waals surface area contributed by atoms with Crippen LogP contribution in [0.25, 0.3) is 0 Å². The van der Waals surface area contributed by atoms with Crippen molar-refractivity contribution in [3.8, 4) is 0 Å². The van der Waals surface area contributed by atoms with E-state index in [0.29, 0.717) is 12.1 Å². The summed E-state index contributed by atoms with van der Waals surface area (Å²) in [7, 11) is 0. The Bertz CT molecular complexity index is 441. The number of benzene rings is 1. The van der Waals surface area contributed by atoms with Gasteiger partial charge >= 0.3 is 6.18 Å². The fraction of sp³-hybridized carbons (Fsp3) is 0.571. The van der Waals surface area contributed by atoms with Crippen LogP contribution >= 0.6 is 0 Å². The molecule has 0 amide bonds. The Morgan fingerprint density at radius 2 is 1.95 bits per heavy atom. The lowest BCUT2D eigenvalue weighted by atomic mass is 10.0. The molecule has 1 N–H and O–H groups in total. The summed E-state index contributed by atoms with van der Waals surface area (Å²) >= 11 is 0. The monoisotopic (exact) mass is 272 g/mol. The lowest BCUT2D eigenvalue weighted by Gasteiger charge is -2.39. The van der Waals surface area contributed by atoms with Crippen LogP contribution in [0.5, 0.6) is 0 Å². The normalized spacial score (nSPS) is 20.5. The molecule has 1 saturated heterocycles. The van der Waals surface area contributed by atoms with Crippen LogP contribution in [0.2, 0.25) is 0 Å². The second-order valence-electron chi connectivity index (χ2n) is 5.68. The van der Waals surface area contributed by atoms with Crippen LogP contribution in [-0.4, -0.2) is 30.1 Å². The number of piperazine rings is 1. The standard InChI is InChI=1S/C14H19F3N2/c1-13(2)10-19(8-7-18-13)9-11-5-3-4-6-12(11)14(15,16)17/h3-6,18H,7-10H2,1-2H3. The Morgan fingerprint density at radius 1 is 1.26 bits per heavy atom. The molecule has 1 heterocycles. The molecule has 19 heavy (non-hydrogen) atoms. The molecular formula is C14H19F3N2. The lowest BCUT2D eigenvalue weighted by Crippen LogP contribution is -2.56. The van der Waals surface area contributed by atoms with E-state index in [0.717, 1.165) is 25.7 Å². The highest BCUT2D eigenvalue weighted by molar-refractivity contribution is 5.29. The molecule has 1 aliphatic rings. The summed E-state index contributed by atoms with van der Waals surface area (Å²) in [6.45, 7) is 6.81. The largest absolute Gasteiger partial charge is 0.416 e. The summed E-state index contributed by atoms with van der Waals surface area (Å²) in [6.07, 6.45) is -4.28. The molecule has 1 aromatic carbocycles. The predicted molar refractivity (Wildman–Crippen MR) is 68.8 cm³/mol. The van der Waals surface area contributed by atoms with Crippen molar-refractivity contribution in [1.82, 2.24) is 10.2 Å². The highest BCUT2D eigenvalue weighted by Gasteiger charge is 2.34. The van der Waals surface area contributed by atoms with Crippen LogP contribution in [0, 0.1) is 0 Å². The van der Waals surface area contributed by atoms with Crippen LogP contribution in [0.3, 0.4) is 0 Å². The van der Waals surface area contributed by atoms with Gasteiger partial charge in [-0.2, -0.15) is 13.2 Å². The van der Waals surface area contributed by atoms with Gasteiger partial charge in [0.25, 0.3) is 0 Å². The van der Waals surface area contributed by atoms with Gasteiger partial charge in [0.1, 0.15) is 0 Å². The van der Waals surface area contributed by atoms with Crippen molar-refractivity contribution >= 4 is 0 Å². The number of hydrogen-bond donors (Lipinski definition) is 1. The highest BCUT2D eigenvalue weighted by atomic mass is 19.4. The molecule has 0 atom stereocenters. The third kappa shape index (κ3) is 3.70. The van der Waals surface area contributed by atoms with Crippen LogP contribution < -0.4 is 5.32 Å². The highest BCUT2D eigenvalue weighted by Crippen LogP contribution is 2.32. The Kier molecular flexibility index (Phi) is 3.87. The maximum absolute atomic E-state index is 12.9. The minimum absolute atomic E-state index is 0.0502. The van der Waals surface area contributed by atoms with Crippen LogP contribution in [0.4, 0.5) is 13.2 Å². The molecule has 5 heteroatoms. The van der Waals surface area contributed by atoms with Crippen molar-refractivity contribution in [2.75, 3.05) is 19.6 Å². The SMILES string of the molecule is CC1(C)CN(Cc2ccccc2C(F)(F)F)CCN1. The summed E-state index contributed by atoms with van der Waals surface area (Å²) in [5.41, 5.74) is -0.218. The molecular weight excluding hydrogens is 253 g/mol. The summed E-state index contributed by atoms with van der Waals surface area (Å²) in [4.78, 5) is 2.07. The van der Waals surface area contributed by atoms with E-state index < -0.39 is 11.7 Å². The third-order valence-corrected chi connectivity index (χ3v) is 3.37. The summed E-state index contributed by atoms with van der Waals surface area (Å²) < 4.78 is 38.8. The molecule has 0 aliphatic carbocycles. The third-order valence-electron chi connectivity index (χ3n) is 3.37. The van der Waals surface area contributed by atoms with Crippen LogP contribution in [0.15, 0.2) is 24.3 Å². The van der Waals surface area contributed by atoms with Crippen molar-refractivity contribution in [2.45, 2.75) is 32.1 Å². The quantitative estimate of drug-likeness (QED) is 0.890. The van der Waals surface area contributed by atoms with Gasteiger partial charge in [0, 0.05) is 31.7 Å². The van der Waals surface area contributed by atoms with Gasteiger partial charge in [0.2, 0.25) is 0 Å². The maximum atomic E-state index is 12.9. The molecule has 2 rings (SSSR count). The zero-order valence-corrected chi connectivity index (χ0v) is 11.2. The Labute approximate surface area is 111 Å². The molecule has 0 saturated carbocycles. The van der Waals surface area contributed by atoms with Crippen molar-refractivity contribution < 1.29 is 13.2 Å². The molecule has 1 aliphatic heterocycles. The van der Waals surface area contributed by atoms with Gasteiger partial charge in [0.05, 0.1) is 5.56 Å². The van der Waals surface area contributed by atoms with E-state index >= 15 is 0 Å². The second kappa shape index (κ2) is 5.13. The van der Waals surface area contributed by atoms with Gasteiger partial charge in [-0.25, -0.2) is 0 Å². The fourth-order valence-corrected chi connectivity index (χ4v) is 2.56. The molecule has 0 bridgehead atoms. The van der Waals surface area contributed by atoms with E-state index in [9.17, 15) is 13.2 Å². The molecule has 0 spiro atoms. The minimum Gasteiger partial charge on any atom is -0.309 e. The topological polar surface area (TPSA) is 15.3 Å². The number of alkyl halides is 3. The molecule has 1 aromatic rings. The minimum atomic E-state index is -4.28. The molecule has 0 unspecified atom stereocenters. The number of hydrogen-bond acceptors (Lipinski definition) is 2. The zero-order chi connectivity index (χ0) is 14.1. The first-order valence-electron chi connectivity index (χ1n) is 6.40. The number of rotatable bonds is 2. The van der Waals surface area contributed by atoms with Gasteiger partial charge in [-0.1, -0.05) is 18.2 Å². The van der Waals surface area contributed by atoms with E-state index in [4.69, 9.17) is 0 Å². The van der Waals surface area contributed by atoms with Gasteiger partial charge in [-0.05, 0) is 25.5 Å². The Balaban J connectivity index is 2.15. The summed E-state index contributed by atoms with van der Waals surface area (Å²) in [5, 5.41) is 3.36. The van der Waals surface area contributed by atoms with Crippen molar-refractivity contribution in [3.63, 3.8) is 0 Å². The first-order valence-corrected chi connectivity index (χ1v) is 6.40. The number of halogens is 3. The first kappa shape index (κ1) is 14.3. The van der Waals surface area contributed by atoms with Crippen molar-refractivity contribution in [3.05, 3.63) is 35.4 Å². The van der Waals surface area contributed by atoms with E-state index in [1.165, 1.54) is 6.07 Å². The average molecular weight is 272 g/mol. The second-order valence-corrected chi connectivity index (χ2v) is 5.68. The molecule has 2 nitrogen and oxygen atoms in total. The zero-order valence-electron chi connectivity index (χ0n) is 11.2. The van der Waals surface area contributed by atoms with Gasteiger partial charge in [-0.3, -0.25) is 4.90 Å². The molecule has 1 fully saturated rings. The van der Waals surface area contributed by atoms with Gasteiger partial charge in [0.15, 0.2) is 0 Å². The number of nitrogens with one attached hydrogen (secondary N) is 1. The van der Waals surface area contributed by atoms with E-state index in [1.807, 2.05) is 0 Å². The Hall–Kier alpha value is -1.07. The summed E-state index contributed by atoms with van der Waals surface area (Å²) in [6, 6.07) is 5.83. The van der Waals surface area contributed by atoms with Crippen LogP contribution in [0.1, 0.15) is 25.0 Å². The predicted octanol–water partition coefficient (Wildman–Crippen LogP) is 2.89. The van der Waals surface area contributed by atoms with Crippen LogP contribution in [-0.2, 0) is 12.7 Å². The van der Waals surface area contributed by atoms with Gasteiger partial charge < -0.3 is 5.32 Å². The maximum Gasteiger partial charge on any atom is 0.416 e. The fourth-order valence-electron chi connectivity index (χ4n) is 2.56. The summed E-state index contributed by atoms with van der Waals surface area (Å²) in [5.74, 6) is 0. The first-order chi connectivity index (χ1) is 8.78. The van der Waals surface area contributed by atoms with Crippen molar-refractivity contribution in [1.29, 1.82) is 0 Å². The lowest BCUT2D eigenvalue weighted by molar-refractivity contribution is -0.138. The van der Waals surface area contributed by atoms with Gasteiger partial charge in [-0.15, -0.1) is 0 Å². The average Bonchev–Trinajstić information content (AvgIpc) is 2.26. The van der Waals surface area contributed by atoms with Crippen molar-refractivity contribution in [2.24, 2.45) is 0 Å². The van der Waals surface area contributed by atoms with E-state index in [2.05, 4.69) is 24.1 Å². The number of nitrogens with zero attached hydrogens (tertiary/aromatic N) is 1.